The van der Waals surface area contributed by atoms with Crippen LogP contribution in [0.3, 0.4) is 0 Å². The second kappa shape index (κ2) is 17.3. The van der Waals surface area contributed by atoms with Crippen LogP contribution in [-0.4, -0.2) is 108 Å². The first-order chi connectivity index (χ1) is 23.5. The molecule has 2 aliphatic heterocycles. The summed E-state index contributed by atoms with van der Waals surface area (Å²) >= 11 is 0. The summed E-state index contributed by atoms with van der Waals surface area (Å²) in [5.41, 5.74) is 12.2. The molecule has 17 nitrogen and oxygen atoms in total. The van der Waals surface area contributed by atoms with Gasteiger partial charge in [-0.05, 0) is 50.2 Å². The van der Waals surface area contributed by atoms with Gasteiger partial charge in [0.25, 0.3) is 5.91 Å². The zero-order chi connectivity index (χ0) is 35.5. The zero-order valence-electron chi connectivity index (χ0n) is 27.3. The van der Waals surface area contributed by atoms with E-state index >= 15 is 0 Å². The summed E-state index contributed by atoms with van der Waals surface area (Å²) in [7, 11) is 1.22. The molecule has 1 aromatic heterocycles. The molecule has 9 N–H and O–H groups in total. The lowest BCUT2D eigenvalue weighted by atomic mass is 9.97. The van der Waals surface area contributed by atoms with Gasteiger partial charge in [-0.1, -0.05) is 18.2 Å². The fraction of sp³-hybridized carbons (Fsp3) is 0.531. The van der Waals surface area contributed by atoms with E-state index in [9.17, 15) is 33.6 Å². The van der Waals surface area contributed by atoms with Crippen LogP contribution in [0.5, 0.6) is 0 Å². The van der Waals surface area contributed by atoms with Crippen LogP contribution in [0.4, 0.5) is 4.79 Å². The van der Waals surface area contributed by atoms with Crippen molar-refractivity contribution in [3.05, 3.63) is 36.0 Å². The minimum absolute atomic E-state index is 0.0379. The number of epoxide rings is 1. The number of likely N-dealkylation sites (tertiary alicyclic amines) is 1. The molecule has 2 aromatic rings. The van der Waals surface area contributed by atoms with Gasteiger partial charge in [-0.25, -0.2) is 4.79 Å². The average molecular weight is 685 g/mol. The van der Waals surface area contributed by atoms with Gasteiger partial charge in [-0.2, -0.15) is 0 Å². The molecule has 1 unspecified atom stereocenters. The zero-order valence-corrected chi connectivity index (χ0v) is 27.3. The molecule has 49 heavy (non-hydrogen) atoms. The summed E-state index contributed by atoms with van der Waals surface area (Å²) in [6, 6.07) is 2.31. The third-order valence-electron chi connectivity index (χ3n) is 8.55. The Kier molecular flexibility index (Phi) is 12.9. The topological polar surface area (TPSA) is 260 Å². The van der Waals surface area contributed by atoms with Crippen LogP contribution in [0.25, 0.3) is 10.9 Å². The lowest BCUT2D eigenvalue weighted by Crippen LogP contribution is -2.60. The fourth-order valence-corrected chi connectivity index (χ4v) is 5.83. The van der Waals surface area contributed by atoms with E-state index in [0.717, 1.165) is 16.5 Å². The standard InChI is InChI=1S/C32H44N8O9/c1-48-26(41)12-11-22(38-30(45)25-17-49-25)31(46)40-14-5-4-10-24(40)29(44)39-23(15-18-16-36-20-8-3-2-7-19(18)20)28(43)37-21(27(33)42)9-6-13-35-32(34)47/h2-3,7-8,16,21-25,36H,4-6,9-15,17H2,1H3,(H2,33,42)(H,37,43)(H,38,45)(H,39,44)(H3,34,35,47)/t21-,22-,23-,24-,25?/m0/s1. The van der Waals surface area contributed by atoms with Gasteiger partial charge < -0.3 is 52.1 Å². The van der Waals surface area contributed by atoms with E-state index in [4.69, 9.17) is 20.9 Å². The number of hydrogen-bond acceptors (Lipinski definition) is 9. The van der Waals surface area contributed by atoms with Crippen molar-refractivity contribution in [2.75, 3.05) is 26.8 Å². The first-order valence-electron chi connectivity index (χ1n) is 16.3. The molecule has 7 amide bonds. The van der Waals surface area contributed by atoms with E-state index in [2.05, 4.69) is 26.3 Å². The number of urea groups is 1. The third kappa shape index (κ3) is 10.4. The molecule has 1 aromatic carbocycles. The maximum Gasteiger partial charge on any atom is 0.312 e. The molecule has 5 atom stereocenters. The lowest BCUT2D eigenvalue weighted by molar-refractivity contribution is -0.147. The van der Waals surface area contributed by atoms with Gasteiger partial charge in [0.2, 0.25) is 23.6 Å². The number of carbonyl (C=O) groups excluding carboxylic acids is 7. The quantitative estimate of drug-likeness (QED) is 0.0601. The second-order valence-corrected chi connectivity index (χ2v) is 12.1. The van der Waals surface area contributed by atoms with Crippen molar-refractivity contribution in [1.29, 1.82) is 0 Å². The van der Waals surface area contributed by atoms with Crippen LogP contribution in [0.15, 0.2) is 30.5 Å². The molecular formula is C32H44N8O9. The Morgan fingerprint density at radius 1 is 0.980 bits per heavy atom. The number of primary amides is 2. The Morgan fingerprint density at radius 2 is 1.71 bits per heavy atom. The van der Waals surface area contributed by atoms with E-state index in [1.54, 1.807) is 6.20 Å². The number of hydrogen-bond donors (Lipinski definition) is 7. The SMILES string of the molecule is COC(=O)CC[C@H](NC(=O)C1CO1)C(=O)N1CCCC[C@H]1C(=O)N[C@@H](Cc1c[nH]c2ccccc12)C(=O)N[C@@H](CCCNC(N)=O)C(N)=O. The predicted molar refractivity (Wildman–Crippen MR) is 174 cm³/mol. The molecule has 0 aliphatic carbocycles. The summed E-state index contributed by atoms with van der Waals surface area (Å²) in [4.78, 5) is 93.8. The number of fused-ring (bicyclic) bond motifs is 1. The monoisotopic (exact) mass is 684 g/mol. The van der Waals surface area contributed by atoms with Crippen molar-refractivity contribution in [1.82, 2.24) is 31.2 Å². The van der Waals surface area contributed by atoms with Crippen molar-refractivity contribution in [2.24, 2.45) is 11.5 Å². The highest BCUT2D eigenvalue weighted by Gasteiger charge is 2.40. The molecule has 2 saturated heterocycles. The number of nitrogens with one attached hydrogen (secondary N) is 5. The van der Waals surface area contributed by atoms with Gasteiger partial charge in [0.05, 0.1) is 13.7 Å². The summed E-state index contributed by atoms with van der Waals surface area (Å²) in [6.45, 7) is 0.591. The number of methoxy groups -OCH3 is 1. The number of esters is 1. The molecule has 2 fully saturated rings. The van der Waals surface area contributed by atoms with Gasteiger partial charge >= 0.3 is 12.0 Å². The number of nitrogens with two attached hydrogens (primary N) is 2. The Hall–Kier alpha value is -5.19. The normalized spacial score (nSPS) is 18.8. The third-order valence-corrected chi connectivity index (χ3v) is 8.55. The van der Waals surface area contributed by atoms with Crippen molar-refractivity contribution in [3.8, 4) is 0 Å². The maximum absolute atomic E-state index is 14.0. The number of aromatic nitrogens is 1. The number of carbonyl (C=O) groups is 7. The molecule has 0 spiro atoms. The number of rotatable bonds is 17. The molecule has 2 aliphatic rings. The van der Waals surface area contributed by atoms with Gasteiger partial charge in [-0.3, -0.25) is 28.8 Å². The Labute approximate surface area is 282 Å². The summed E-state index contributed by atoms with van der Waals surface area (Å²) in [5.74, 6) is -3.68. The molecule has 4 rings (SSSR count). The summed E-state index contributed by atoms with van der Waals surface area (Å²) in [6.07, 6.45) is 2.80. The molecule has 0 radical (unpaired) electrons. The van der Waals surface area contributed by atoms with E-state index in [1.165, 1.54) is 12.0 Å². The van der Waals surface area contributed by atoms with Crippen LogP contribution < -0.4 is 32.7 Å². The molecule has 0 bridgehead atoms. The maximum atomic E-state index is 14.0. The van der Waals surface area contributed by atoms with Crippen LogP contribution in [-0.2, 0) is 44.7 Å². The number of ether oxygens (including phenoxy) is 2. The summed E-state index contributed by atoms with van der Waals surface area (Å²) in [5, 5.41) is 11.3. The highest BCUT2D eigenvalue weighted by atomic mass is 16.6. The Balaban J connectivity index is 1.54. The number of H-pyrrole nitrogens is 1. The van der Waals surface area contributed by atoms with E-state index < -0.39 is 71.8 Å². The fourth-order valence-electron chi connectivity index (χ4n) is 5.83. The minimum atomic E-state index is -1.18. The Morgan fingerprint density at radius 3 is 2.41 bits per heavy atom. The van der Waals surface area contributed by atoms with E-state index in [1.807, 2.05) is 24.3 Å². The van der Waals surface area contributed by atoms with Crippen LogP contribution in [0, 0.1) is 0 Å². The first-order valence-corrected chi connectivity index (χ1v) is 16.3. The predicted octanol–water partition coefficient (Wildman–Crippen LogP) is -1.17. The highest BCUT2D eigenvalue weighted by Crippen LogP contribution is 2.22. The van der Waals surface area contributed by atoms with Gasteiger partial charge in [0, 0.05) is 43.0 Å². The number of amides is 7. The van der Waals surface area contributed by atoms with Crippen molar-refractivity contribution in [2.45, 2.75) is 81.6 Å². The van der Waals surface area contributed by atoms with Gasteiger partial charge in [-0.15, -0.1) is 0 Å². The van der Waals surface area contributed by atoms with Crippen molar-refractivity contribution >= 4 is 52.4 Å². The van der Waals surface area contributed by atoms with Crippen LogP contribution in [0.1, 0.15) is 50.5 Å². The molecule has 3 heterocycles. The number of piperidine rings is 1. The van der Waals surface area contributed by atoms with E-state index in [-0.39, 0.29) is 51.8 Å². The highest BCUT2D eigenvalue weighted by molar-refractivity contribution is 5.96. The van der Waals surface area contributed by atoms with Crippen LogP contribution >= 0.6 is 0 Å². The van der Waals surface area contributed by atoms with E-state index in [0.29, 0.717) is 19.3 Å². The van der Waals surface area contributed by atoms with Crippen molar-refractivity contribution < 1.29 is 43.0 Å². The van der Waals surface area contributed by atoms with Crippen molar-refractivity contribution in [3.63, 3.8) is 0 Å². The smallest absolute Gasteiger partial charge is 0.312 e. The first kappa shape index (κ1) is 36.6. The molecule has 266 valence electrons. The minimum Gasteiger partial charge on any atom is -0.469 e. The van der Waals surface area contributed by atoms with Gasteiger partial charge in [0.1, 0.15) is 24.2 Å². The Bertz CT molecular complexity index is 1540. The molecular weight excluding hydrogens is 640 g/mol. The van der Waals surface area contributed by atoms with Gasteiger partial charge in [0.15, 0.2) is 6.10 Å². The summed E-state index contributed by atoms with van der Waals surface area (Å²) < 4.78 is 9.74. The number of nitrogens with zero attached hydrogens (tertiary/aromatic N) is 1. The number of aromatic amines is 1. The molecule has 17 heteroatoms. The second-order valence-electron chi connectivity index (χ2n) is 12.1. The number of benzene rings is 1. The van der Waals surface area contributed by atoms with Crippen LogP contribution in [0.2, 0.25) is 0 Å². The molecule has 0 saturated carbocycles. The average Bonchev–Trinajstić information content (AvgIpc) is 3.87. The largest absolute Gasteiger partial charge is 0.469 e. The number of para-hydroxylation sites is 1. The lowest BCUT2D eigenvalue weighted by Gasteiger charge is -2.37.